The lowest BCUT2D eigenvalue weighted by Gasteiger charge is -2.64. The Morgan fingerprint density at radius 1 is 0.977 bits per heavy atom. The highest BCUT2D eigenvalue weighted by molar-refractivity contribution is 5.89. The quantitative estimate of drug-likeness (QED) is 0.415. The van der Waals surface area contributed by atoms with Crippen molar-refractivity contribution in [3.8, 4) is 5.75 Å². The molecule has 240 valence electrons. The Balaban J connectivity index is 1.43. The molecule has 1 spiro atoms. The number of rotatable bonds is 9. The molecule has 1 aromatic rings. The van der Waals surface area contributed by atoms with Gasteiger partial charge in [-0.1, -0.05) is 0 Å². The zero-order valence-corrected chi connectivity index (χ0v) is 26.2. The molecule has 6 unspecified atom stereocenters. The summed E-state index contributed by atoms with van der Waals surface area (Å²) in [6, 6.07) is 6.35. The van der Waals surface area contributed by atoms with Crippen LogP contribution in [0.4, 0.5) is 0 Å². The number of esters is 2. The topological polar surface area (TPSA) is 131 Å². The zero-order valence-electron chi connectivity index (χ0n) is 26.2. The van der Waals surface area contributed by atoms with E-state index < -0.39 is 58.0 Å². The maximum absolute atomic E-state index is 13.8. The smallest absolute Gasteiger partial charge is 0.338 e. The molecular weight excluding hydrogens is 570 g/mol. The number of ether oxygens (including phenoxy) is 7. The van der Waals surface area contributed by atoms with E-state index in [0.29, 0.717) is 17.9 Å². The van der Waals surface area contributed by atoms with Gasteiger partial charge in [0, 0.05) is 76.6 Å². The number of hydrogen-bond acceptors (Lipinski definition) is 11. The molecule has 44 heavy (non-hydrogen) atoms. The molecule has 1 N–H and O–H groups in total. The third kappa shape index (κ3) is 3.53. The summed E-state index contributed by atoms with van der Waals surface area (Å²) >= 11 is 0. The summed E-state index contributed by atoms with van der Waals surface area (Å²) in [6.45, 7) is 1.86. The van der Waals surface area contributed by atoms with Crippen LogP contribution < -0.4 is 4.74 Å². The lowest BCUT2D eigenvalue weighted by atomic mass is 9.44. The van der Waals surface area contributed by atoms with Crippen molar-refractivity contribution >= 4 is 18.2 Å². The fourth-order valence-electron chi connectivity index (χ4n) is 11.4. The van der Waals surface area contributed by atoms with E-state index in [-0.39, 0.29) is 42.9 Å². The average Bonchev–Trinajstić information content (AvgIpc) is 3.36. The van der Waals surface area contributed by atoms with Gasteiger partial charge in [0.25, 0.3) is 0 Å². The van der Waals surface area contributed by atoms with Crippen LogP contribution in [0.3, 0.4) is 0 Å². The summed E-state index contributed by atoms with van der Waals surface area (Å²) in [4.78, 5) is 32.1. The summed E-state index contributed by atoms with van der Waals surface area (Å²) < 4.78 is 42.8. The van der Waals surface area contributed by atoms with E-state index in [1.807, 2.05) is 0 Å². The second-order valence-corrected chi connectivity index (χ2v) is 13.7. The number of carbonyl (C=O) groups is 2. The normalized spacial score (nSPS) is 47.3. The van der Waals surface area contributed by atoms with Crippen molar-refractivity contribution in [3.63, 3.8) is 0 Å². The molecule has 5 saturated carbocycles. The van der Waals surface area contributed by atoms with E-state index in [1.165, 1.54) is 14.0 Å². The van der Waals surface area contributed by atoms with Crippen LogP contribution in [0.15, 0.2) is 29.3 Å². The van der Waals surface area contributed by atoms with E-state index in [2.05, 4.69) is 6.21 Å². The number of aliphatic hydroxyl groups is 1. The van der Waals surface area contributed by atoms with Gasteiger partial charge in [-0.3, -0.25) is 9.79 Å². The van der Waals surface area contributed by atoms with Gasteiger partial charge in [0.05, 0.1) is 43.6 Å². The largest absolute Gasteiger partial charge is 0.497 e. The van der Waals surface area contributed by atoms with Gasteiger partial charge in [0.15, 0.2) is 0 Å². The molecule has 0 radical (unpaired) electrons. The molecule has 5 fully saturated rings. The minimum atomic E-state index is -1.53. The summed E-state index contributed by atoms with van der Waals surface area (Å²) in [6.07, 6.45) is 1.78. The van der Waals surface area contributed by atoms with Gasteiger partial charge < -0.3 is 38.3 Å². The minimum Gasteiger partial charge on any atom is -0.497 e. The molecule has 0 aromatic heterocycles. The molecule has 0 amide bonds. The Hall–Kier alpha value is -2.57. The molecule has 1 aromatic carbocycles. The van der Waals surface area contributed by atoms with Crippen molar-refractivity contribution < 1.29 is 47.9 Å². The summed E-state index contributed by atoms with van der Waals surface area (Å²) in [5, 5.41) is 12.7. The fraction of sp³-hybridized carbons (Fsp3) is 0.727. The number of aliphatic imine (C=N–C) groups is 1. The van der Waals surface area contributed by atoms with Gasteiger partial charge in [0.2, 0.25) is 0 Å². The lowest BCUT2D eigenvalue weighted by molar-refractivity contribution is -0.264. The van der Waals surface area contributed by atoms with E-state index >= 15 is 0 Å². The molecule has 7 bridgehead atoms. The number of methoxy groups -OCH3 is 5. The fourth-order valence-corrected chi connectivity index (χ4v) is 11.4. The Labute approximate surface area is 257 Å². The van der Waals surface area contributed by atoms with E-state index in [0.717, 1.165) is 12.8 Å². The second kappa shape index (κ2) is 10.2. The second-order valence-electron chi connectivity index (χ2n) is 13.7. The maximum atomic E-state index is 13.8. The van der Waals surface area contributed by atoms with Crippen LogP contribution in [0.5, 0.6) is 5.75 Å². The van der Waals surface area contributed by atoms with Gasteiger partial charge in [0.1, 0.15) is 23.1 Å². The Morgan fingerprint density at radius 3 is 2.32 bits per heavy atom. The number of hydrogen-bond donors (Lipinski definition) is 1. The van der Waals surface area contributed by atoms with Crippen LogP contribution in [0.1, 0.15) is 43.0 Å². The number of carbonyl (C=O) groups excluding carboxylic acids is 2. The molecule has 0 saturated heterocycles. The highest BCUT2D eigenvalue weighted by Crippen LogP contribution is 2.79. The first kappa shape index (κ1) is 30.1. The van der Waals surface area contributed by atoms with Crippen molar-refractivity contribution in [2.24, 2.45) is 39.5 Å². The molecule has 1 aliphatic heterocycles. The first-order valence-electron chi connectivity index (χ1n) is 15.5. The average molecular weight is 614 g/mol. The van der Waals surface area contributed by atoms with Crippen LogP contribution in [0.25, 0.3) is 0 Å². The van der Waals surface area contributed by atoms with Crippen molar-refractivity contribution in [3.05, 3.63) is 29.8 Å². The molecule has 11 nitrogen and oxygen atoms in total. The van der Waals surface area contributed by atoms with Gasteiger partial charge in [-0.25, -0.2) is 4.79 Å². The number of benzene rings is 1. The van der Waals surface area contributed by atoms with Crippen molar-refractivity contribution in [2.75, 3.05) is 42.2 Å². The van der Waals surface area contributed by atoms with Crippen LogP contribution in [-0.2, 0) is 33.2 Å². The van der Waals surface area contributed by atoms with E-state index in [9.17, 15) is 14.7 Å². The SMILES string of the molecule is COC[C@]12C=NC3[C@H]4C(OC)C1[C@]3(C1C[C@@]3(O)C(OC(=O)c5ccc(OC)cc5)C1[C@]4(OC(C)=O)C[C@@H]3OC)[C@@H](OC)CC2. The first-order valence-corrected chi connectivity index (χ1v) is 15.5. The first-order chi connectivity index (χ1) is 21.1. The number of fused-ring (bicyclic) bond motifs is 2. The third-order valence-corrected chi connectivity index (χ3v) is 12.4. The lowest BCUT2D eigenvalue weighted by Crippen LogP contribution is -2.73. The van der Waals surface area contributed by atoms with Gasteiger partial charge in [-0.2, -0.15) is 0 Å². The predicted octanol–water partition coefficient (Wildman–Crippen LogP) is 2.46. The summed E-state index contributed by atoms with van der Waals surface area (Å²) in [5.74, 6) is -1.74. The highest BCUT2D eigenvalue weighted by Gasteiger charge is 2.89. The van der Waals surface area contributed by atoms with Gasteiger partial charge >= 0.3 is 11.9 Å². The van der Waals surface area contributed by atoms with Crippen molar-refractivity contribution in [1.82, 2.24) is 0 Å². The molecular formula is C33H43NO10. The van der Waals surface area contributed by atoms with Crippen LogP contribution in [0, 0.1) is 34.5 Å². The van der Waals surface area contributed by atoms with Crippen molar-refractivity contribution in [1.29, 1.82) is 0 Å². The zero-order chi connectivity index (χ0) is 31.2. The highest BCUT2D eigenvalue weighted by atomic mass is 16.6. The predicted molar refractivity (Wildman–Crippen MR) is 155 cm³/mol. The molecule has 5 aliphatic carbocycles. The van der Waals surface area contributed by atoms with Gasteiger partial charge in [-0.05, 0) is 49.4 Å². The van der Waals surface area contributed by atoms with Gasteiger partial charge in [-0.15, -0.1) is 0 Å². The van der Waals surface area contributed by atoms with E-state index in [1.54, 1.807) is 52.7 Å². The summed E-state index contributed by atoms with van der Waals surface area (Å²) in [5.41, 5.74) is -3.41. The molecule has 6 aliphatic rings. The van der Waals surface area contributed by atoms with Crippen LogP contribution >= 0.6 is 0 Å². The molecule has 13 atom stereocenters. The van der Waals surface area contributed by atoms with Crippen LogP contribution in [-0.4, -0.2) is 107 Å². The van der Waals surface area contributed by atoms with Crippen LogP contribution in [0.2, 0.25) is 0 Å². The Morgan fingerprint density at radius 2 is 1.70 bits per heavy atom. The maximum Gasteiger partial charge on any atom is 0.338 e. The summed E-state index contributed by atoms with van der Waals surface area (Å²) in [7, 11) is 8.24. The Bertz CT molecular complexity index is 1350. The minimum absolute atomic E-state index is 0.0875. The third-order valence-electron chi connectivity index (χ3n) is 12.4. The van der Waals surface area contributed by atoms with E-state index in [4.69, 9.17) is 38.2 Å². The monoisotopic (exact) mass is 613 g/mol. The van der Waals surface area contributed by atoms with Crippen molar-refractivity contribution in [2.45, 2.75) is 74.3 Å². The Kier molecular flexibility index (Phi) is 6.99. The molecule has 7 rings (SSSR count). The number of nitrogens with zero attached hydrogens (tertiary/aromatic N) is 1. The molecule has 1 heterocycles. The standard InChI is InChI=1S/C33H43NO10/c1-17(35)44-32-14-22(41-5)31(37)13-20(23(32)28(31)43-29(36)18-7-9-19(39-3)10-8-18)33-21(40-4)11-12-30(16-38-2)15-34-27(33)24(32)25(42-6)26(30)33/h7-10,15,20-28,37H,11-14,16H2,1-6H3/t20?,21-,22-,23?,24+,25?,26?,27?,28?,30-,31-,32+,33-/m0/s1. The molecule has 11 heteroatoms.